The van der Waals surface area contributed by atoms with E-state index in [1.165, 1.54) is 6.33 Å². The lowest BCUT2D eigenvalue weighted by molar-refractivity contribution is -0.142. The van der Waals surface area contributed by atoms with E-state index in [9.17, 15) is 19.5 Å². The molecule has 2 aromatic rings. The van der Waals surface area contributed by atoms with Gasteiger partial charge in [-0.25, -0.2) is 9.97 Å². The summed E-state index contributed by atoms with van der Waals surface area (Å²) in [6, 6.07) is 5.50. The van der Waals surface area contributed by atoms with Crippen molar-refractivity contribution in [3.05, 3.63) is 35.0 Å². The fourth-order valence-corrected chi connectivity index (χ4v) is 4.03. The van der Waals surface area contributed by atoms with E-state index >= 15 is 0 Å². The van der Waals surface area contributed by atoms with Gasteiger partial charge in [-0.2, -0.15) is 0 Å². The molecule has 27 heavy (non-hydrogen) atoms. The molecule has 0 spiro atoms. The van der Waals surface area contributed by atoms with Crippen LogP contribution in [0.1, 0.15) is 18.4 Å². The molecule has 3 heterocycles. The molecule has 0 radical (unpaired) electrons. The zero-order chi connectivity index (χ0) is 19.0. The van der Waals surface area contributed by atoms with Crippen molar-refractivity contribution in [3.63, 3.8) is 0 Å². The highest BCUT2D eigenvalue weighted by atomic mass is 32.2. The van der Waals surface area contributed by atoms with E-state index in [1.54, 1.807) is 6.08 Å². The highest BCUT2D eigenvalue weighted by molar-refractivity contribution is 8.18. The first-order valence-electron chi connectivity index (χ1n) is 8.48. The van der Waals surface area contributed by atoms with E-state index in [0.29, 0.717) is 23.7 Å². The van der Waals surface area contributed by atoms with E-state index in [2.05, 4.69) is 15.3 Å². The van der Waals surface area contributed by atoms with Gasteiger partial charge in [-0.15, -0.1) is 0 Å². The second-order valence-electron chi connectivity index (χ2n) is 6.45. The summed E-state index contributed by atoms with van der Waals surface area (Å²) >= 11 is 0.864. The molecule has 1 atom stereocenters. The van der Waals surface area contributed by atoms with Gasteiger partial charge in [-0.3, -0.25) is 19.7 Å². The zero-order valence-electron chi connectivity index (χ0n) is 14.2. The number of aromatic nitrogens is 2. The van der Waals surface area contributed by atoms with Crippen LogP contribution in [-0.4, -0.2) is 45.3 Å². The molecule has 8 nitrogen and oxygen atoms in total. The maximum Gasteiger partial charge on any atom is 0.308 e. The predicted octanol–water partition coefficient (Wildman–Crippen LogP) is 2.25. The Labute approximate surface area is 158 Å². The number of fused-ring (bicyclic) bond motifs is 1. The molecule has 0 aliphatic carbocycles. The van der Waals surface area contributed by atoms with Crippen LogP contribution in [0.4, 0.5) is 10.6 Å². The van der Waals surface area contributed by atoms with Gasteiger partial charge in [0, 0.05) is 18.5 Å². The number of carboxylic acids is 1. The van der Waals surface area contributed by atoms with Crippen LogP contribution in [0.3, 0.4) is 0 Å². The van der Waals surface area contributed by atoms with Crippen LogP contribution in [0.15, 0.2) is 29.4 Å². The molecule has 2 amide bonds. The van der Waals surface area contributed by atoms with Gasteiger partial charge in [0.2, 0.25) is 0 Å². The molecular weight excluding hydrogens is 368 g/mol. The van der Waals surface area contributed by atoms with Crippen molar-refractivity contribution in [2.24, 2.45) is 5.92 Å². The first-order chi connectivity index (χ1) is 13.0. The second kappa shape index (κ2) is 6.99. The number of benzene rings is 1. The Bertz CT molecular complexity index is 990. The van der Waals surface area contributed by atoms with Crippen LogP contribution in [0.5, 0.6) is 0 Å². The summed E-state index contributed by atoms with van der Waals surface area (Å²) in [4.78, 5) is 45.4. The fourth-order valence-electron chi connectivity index (χ4n) is 3.35. The number of anilines is 1. The third-order valence-corrected chi connectivity index (χ3v) is 5.46. The highest BCUT2D eigenvalue weighted by Crippen LogP contribution is 2.30. The molecule has 2 N–H and O–H groups in total. The number of amides is 2. The number of nitrogens with one attached hydrogen (secondary N) is 1. The zero-order valence-corrected chi connectivity index (χ0v) is 15.0. The first-order valence-corrected chi connectivity index (χ1v) is 9.30. The summed E-state index contributed by atoms with van der Waals surface area (Å²) in [5.41, 5.74) is 1.48. The highest BCUT2D eigenvalue weighted by Gasteiger charge is 2.27. The third kappa shape index (κ3) is 3.50. The van der Waals surface area contributed by atoms with Gasteiger partial charge in [0.25, 0.3) is 11.1 Å². The second-order valence-corrected chi connectivity index (χ2v) is 7.46. The van der Waals surface area contributed by atoms with Gasteiger partial charge >= 0.3 is 5.97 Å². The van der Waals surface area contributed by atoms with Gasteiger partial charge in [0.1, 0.15) is 12.1 Å². The molecule has 138 valence electrons. The summed E-state index contributed by atoms with van der Waals surface area (Å²) in [6.45, 7) is 1.13. The van der Waals surface area contributed by atoms with E-state index < -0.39 is 17.8 Å². The van der Waals surface area contributed by atoms with Crippen molar-refractivity contribution in [1.82, 2.24) is 15.3 Å². The van der Waals surface area contributed by atoms with Crippen LogP contribution >= 0.6 is 11.8 Å². The number of piperidine rings is 1. The molecule has 1 aromatic heterocycles. The van der Waals surface area contributed by atoms with Gasteiger partial charge in [0.15, 0.2) is 0 Å². The minimum absolute atomic E-state index is 0.335. The molecule has 0 bridgehead atoms. The maximum atomic E-state index is 11.8. The van der Waals surface area contributed by atoms with Crippen LogP contribution in [0, 0.1) is 5.92 Å². The number of nitrogens with zero attached hydrogens (tertiary/aromatic N) is 3. The van der Waals surface area contributed by atoms with Crippen molar-refractivity contribution in [1.29, 1.82) is 0 Å². The Hall–Kier alpha value is -2.94. The number of carboxylic acid groups (broad SMARTS) is 1. The lowest BCUT2D eigenvalue weighted by Crippen LogP contribution is -2.39. The average Bonchev–Trinajstić information content (AvgIpc) is 2.98. The molecular formula is C18H16N4O4S. The van der Waals surface area contributed by atoms with Gasteiger partial charge in [-0.1, -0.05) is 6.07 Å². The Kier molecular flexibility index (Phi) is 4.53. The Morgan fingerprint density at radius 1 is 1.33 bits per heavy atom. The molecule has 2 aliphatic heterocycles. The van der Waals surface area contributed by atoms with Crippen LogP contribution in [-0.2, 0) is 9.59 Å². The SMILES string of the molecule is O=C1NC(=O)/C(=C\c2ccc3ncnc(N4CCCC(C(=O)O)C4)c3c2)S1. The number of rotatable bonds is 3. The van der Waals surface area contributed by atoms with Gasteiger partial charge in [0.05, 0.1) is 16.3 Å². The number of hydrogen-bond donors (Lipinski definition) is 2. The van der Waals surface area contributed by atoms with Crippen LogP contribution in [0.25, 0.3) is 17.0 Å². The van der Waals surface area contributed by atoms with Gasteiger partial charge < -0.3 is 10.0 Å². The topological polar surface area (TPSA) is 112 Å². The molecule has 0 saturated carbocycles. The monoisotopic (exact) mass is 384 g/mol. The summed E-state index contributed by atoms with van der Waals surface area (Å²) in [7, 11) is 0. The number of carbonyl (C=O) groups is 3. The smallest absolute Gasteiger partial charge is 0.308 e. The Morgan fingerprint density at radius 2 is 2.19 bits per heavy atom. The van der Waals surface area contributed by atoms with Crippen molar-refractivity contribution < 1.29 is 19.5 Å². The Morgan fingerprint density at radius 3 is 2.93 bits per heavy atom. The van der Waals surface area contributed by atoms with Crippen LogP contribution < -0.4 is 10.2 Å². The number of imide groups is 1. The number of thioether (sulfide) groups is 1. The number of aliphatic carboxylic acids is 1. The van der Waals surface area contributed by atoms with Crippen molar-refractivity contribution in [3.8, 4) is 0 Å². The molecule has 1 aromatic carbocycles. The summed E-state index contributed by atoms with van der Waals surface area (Å²) in [6.07, 6.45) is 4.56. The van der Waals surface area contributed by atoms with Crippen molar-refractivity contribution in [2.75, 3.05) is 18.0 Å². The molecule has 1 unspecified atom stereocenters. The number of carbonyl (C=O) groups excluding carboxylic acids is 2. The minimum atomic E-state index is -0.794. The lowest BCUT2D eigenvalue weighted by Gasteiger charge is -2.32. The third-order valence-electron chi connectivity index (χ3n) is 4.65. The molecule has 4 rings (SSSR count). The number of hydrogen-bond acceptors (Lipinski definition) is 7. The maximum absolute atomic E-state index is 11.8. The summed E-state index contributed by atoms with van der Waals surface area (Å²) in [5.74, 6) is -0.933. The predicted molar refractivity (Wildman–Crippen MR) is 101 cm³/mol. The molecule has 2 fully saturated rings. The fraction of sp³-hybridized carbons (Fsp3) is 0.278. The van der Waals surface area contributed by atoms with E-state index in [1.807, 2.05) is 23.1 Å². The van der Waals surface area contributed by atoms with Crippen molar-refractivity contribution >= 4 is 51.7 Å². The summed E-state index contributed by atoms with van der Waals surface area (Å²) in [5, 5.41) is 12.0. The normalized spacial score (nSPS) is 21.7. The molecule has 2 saturated heterocycles. The largest absolute Gasteiger partial charge is 0.481 e. The average molecular weight is 384 g/mol. The first kappa shape index (κ1) is 17.5. The molecule has 9 heteroatoms. The lowest BCUT2D eigenvalue weighted by atomic mass is 9.98. The van der Waals surface area contributed by atoms with Gasteiger partial charge in [-0.05, 0) is 48.4 Å². The van der Waals surface area contributed by atoms with Crippen LogP contribution in [0.2, 0.25) is 0 Å². The van der Waals surface area contributed by atoms with E-state index in [-0.39, 0.29) is 5.24 Å². The standard InChI is InChI=1S/C18H16N4O4S/c23-16-14(27-18(26)21-16)7-10-3-4-13-12(6-10)15(20-9-19-13)22-5-1-2-11(8-22)17(24)25/h3-4,6-7,9,11H,1-2,5,8H2,(H,24,25)(H,21,23,26)/b14-7+. The summed E-state index contributed by atoms with van der Waals surface area (Å²) < 4.78 is 0. The molecule has 2 aliphatic rings. The van der Waals surface area contributed by atoms with Crippen molar-refractivity contribution in [2.45, 2.75) is 12.8 Å². The quantitative estimate of drug-likeness (QED) is 0.775. The van der Waals surface area contributed by atoms with E-state index in [0.717, 1.165) is 41.2 Å². The van der Waals surface area contributed by atoms with E-state index in [4.69, 9.17) is 0 Å². The minimum Gasteiger partial charge on any atom is -0.481 e. The Balaban J connectivity index is 1.72.